The van der Waals surface area contributed by atoms with Crippen LogP contribution in [0.5, 0.6) is 0 Å². The largest absolute Gasteiger partial charge is 0.339 e. The maximum atomic E-state index is 12.1. The molecule has 0 aliphatic carbocycles. The Morgan fingerprint density at radius 1 is 1.45 bits per heavy atom. The van der Waals surface area contributed by atoms with Gasteiger partial charge in [0.15, 0.2) is 5.13 Å². The molecule has 0 radical (unpaired) electrons. The molecule has 1 amide bonds. The van der Waals surface area contributed by atoms with Gasteiger partial charge >= 0.3 is 0 Å². The van der Waals surface area contributed by atoms with Crippen LogP contribution in [0.2, 0.25) is 0 Å². The van der Waals surface area contributed by atoms with Gasteiger partial charge in [-0.05, 0) is 19.2 Å². The van der Waals surface area contributed by atoms with Crippen molar-refractivity contribution in [3.63, 3.8) is 0 Å². The van der Waals surface area contributed by atoms with Crippen LogP contribution < -0.4 is 10.6 Å². The highest BCUT2D eigenvalue weighted by molar-refractivity contribution is 7.14. The van der Waals surface area contributed by atoms with Crippen LogP contribution >= 0.6 is 11.3 Å². The second-order valence-corrected chi connectivity index (χ2v) is 5.07. The molecule has 0 unspecified atom stereocenters. The molecule has 0 atom stereocenters. The van der Waals surface area contributed by atoms with E-state index in [0.29, 0.717) is 23.2 Å². The van der Waals surface area contributed by atoms with E-state index in [4.69, 9.17) is 0 Å². The average molecular weight is 291 g/mol. The fourth-order valence-corrected chi connectivity index (χ4v) is 2.24. The fraction of sp³-hybridized carbons (Fsp3) is 0.308. The van der Waals surface area contributed by atoms with E-state index in [2.05, 4.69) is 20.6 Å². The number of aromatic nitrogens is 2. The Morgan fingerprint density at radius 3 is 3.00 bits per heavy atom. The smallest absolute Gasteiger partial charge is 0.273 e. The number of carbonyl (C=O) groups excluding carboxylic acids is 1. The van der Waals surface area contributed by atoms with Crippen molar-refractivity contribution in [2.45, 2.75) is 0 Å². The van der Waals surface area contributed by atoms with E-state index in [1.54, 1.807) is 23.5 Å². The second-order valence-electron chi connectivity index (χ2n) is 4.21. The molecule has 0 aliphatic rings. The number of anilines is 2. The first-order valence-corrected chi connectivity index (χ1v) is 7.12. The van der Waals surface area contributed by atoms with Crippen molar-refractivity contribution in [1.29, 1.82) is 0 Å². The van der Waals surface area contributed by atoms with Crippen molar-refractivity contribution in [3.8, 4) is 0 Å². The predicted octanol–water partition coefficient (Wildman–Crippen LogP) is 1.57. The summed E-state index contributed by atoms with van der Waals surface area (Å²) in [6.45, 7) is 1.40. The zero-order valence-corrected chi connectivity index (χ0v) is 12.3. The Kier molecular flexibility index (Phi) is 5.03. The molecule has 2 heterocycles. The minimum absolute atomic E-state index is 0.0782. The third-order valence-electron chi connectivity index (χ3n) is 2.67. The summed E-state index contributed by atoms with van der Waals surface area (Å²) < 4.78 is 0. The average Bonchev–Trinajstić information content (AvgIpc) is 2.93. The van der Waals surface area contributed by atoms with E-state index in [-0.39, 0.29) is 5.91 Å². The molecule has 2 aromatic rings. The van der Waals surface area contributed by atoms with Crippen molar-refractivity contribution in [1.82, 2.24) is 20.2 Å². The molecule has 0 fully saturated rings. The van der Waals surface area contributed by atoms with Gasteiger partial charge in [0.05, 0.1) is 0 Å². The molecule has 0 saturated heterocycles. The van der Waals surface area contributed by atoms with E-state index in [1.165, 1.54) is 11.3 Å². The summed E-state index contributed by atoms with van der Waals surface area (Å²) >= 11 is 1.39. The zero-order valence-electron chi connectivity index (χ0n) is 11.5. The number of rotatable bonds is 6. The van der Waals surface area contributed by atoms with Crippen molar-refractivity contribution in [2.75, 3.05) is 32.5 Å². The van der Waals surface area contributed by atoms with E-state index in [9.17, 15) is 4.79 Å². The summed E-state index contributed by atoms with van der Waals surface area (Å²) in [7, 11) is 3.63. The quantitative estimate of drug-likeness (QED) is 0.845. The minimum atomic E-state index is -0.0782. The van der Waals surface area contributed by atoms with Gasteiger partial charge in [-0.3, -0.25) is 4.79 Å². The summed E-state index contributed by atoms with van der Waals surface area (Å²) in [5.74, 6) is 0.634. The summed E-state index contributed by atoms with van der Waals surface area (Å²) in [5, 5.41) is 8.50. The molecule has 106 valence electrons. The third-order valence-corrected chi connectivity index (χ3v) is 3.42. The Hall–Kier alpha value is -1.99. The molecule has 0 spiro atoms. The third kappa shape index (κ3) is 3.75. The zero-order chi connectivity index (χ0) is 14.4. The Labute approximate surface area is 121 Å². The van der Waals surface area contributed by atoms with Gasteiger partial charge in [-0.15, -0.1) is 11.3 Å². The molecule has 20 heavy (non-hydrogen) atoms. The number of hydrogen-bond donors (Lipinski definition) is 2. The van der Waals surface area contributed by atoms with Crippen LogP contribution in [0.3, 0.4) is 0 Å². The van der Waals surface area contributed by atoms with Crippen molar-refractivity contribution in [2.24, 2.45) is 0 Å². The summed E-state index contributed by atoms with van der Waals surface area (Å²) in [6, 6.07) is 5.58. The monoisotopic (exact) mass is 291 g/mol. The van der Waals surface area contributed by atoms with Crippen LogP contribution in [0.4, 0.5) is 10.9 Å². The maximum Gasteiger partial charge on any atom is 0.273 e. The molecule has 2 rings (SSSR count). The molecule has 0 bridgehead atoms. The normalized spacial score (nSPS) is 10.3. The lowest BCUT2D eigenvalue weighted by atomic mass is 10.4. The molecular weight excluding hydrogens is 274 g/mol. The molecule has 2 aromatic heterocycles. The highest BCUT2D eigenvalue weighted by Gasteiger charge is 2.15. The summed E-state index contributed by atoms with van der Waals surface area (Å²) in [5.41, 5.74) is 0.451. The number of thiazole rings is 1. The van der Waals surface area contributed by atoms with Crippen LogP contribution in [-0.4, -0.2) is 48.0 Å². The number of hydrogen-bond acceptors (Lipinski definition) is 6. The number of pyridine rings is 1. The fourth-order valence-electron chi connectivity index (χ4n) is 1.55. The lowest BCUT2D eigenvalue weighted by Crippen LogP contribution is -2.32. The highest BCUT2D eigenvalue weighted by atomic mass is 32.1. The molecule has 0 aliphatic heterocycles. The number of carbonyl (C=O) groups is 1. The number of nitrogens with zero attached hydrogens (tertiary/aromatic N) is 3. The Balaban J connectivity index is 2.00. The minimum Gasteiger partial charge on any atom is -0.339 e. The van der Waals surface area contributed by atoms with E-state index in [0.717, 1.165) is 6.54 Å². The van der Waals surface area contributed by atoms with Gasteiger partial charge in [-0.1, -0.05) is 6.07 Å². The second kappa shape index (κ2) is 6.97. The van der Waals surface area contributed by atoms with Crippen LogP contribution in [0.25, 0.3) is 0 Å². The number of likely N-dealkylation sites (N-methyl/N-ethyl adjacent to an activating group) is 2. The molecule has 6 nitrogen and oxygen atoms in total. The lowest BCUT2D eigenvalue weighted by Gasteiger charge is -2.15. The van der Waals surface area contributed by atoms with Gasteiger partial charge in [0.1, 0.15) is 11.5 Å². The van der Waals surface area contributed by atoms with Gasteiger partial charge in [0.2, 0.25) is 0 Å². The molecule has 0 aromatic carbocycles. The highest BCUT2D eigenvalue weighted by Crippen LogP contribution is 2.20. The van der Waals surface area contributed by atoms with Gasteiger partial charge in [0.25, 0.3) is 5.91 Å². The van der Waals surface area contributed by atoms with E-state index >= 15 is 0 Å². The first-order chi connectivity index (χ1) is 9.70. The van der Waals surface area contributed by atoms with Gasteiger partial charge < -0.3 is 15.5 Å². The van der Waals surface area contributed by atoms with E-state index in [1.807, 2.05) is 25.2 Å². The first-order valence-electron chi connectivity index (χ1n) is 6.24. The van der Waals surface area contributed by atoms with Gasteiger partial charge in [-0.2, -0.15) is 0 Å². The lowest BCUT2D eigenvalue weighted by molar-refractivity contribution is 0.0792. The topological polar surface area (TPSA) is 70.2 Å². The van der Waals surface area contributed by atoms with Gasteiger partial charge in [0, 0.05) is 31.7 Å². The van der Waals surface area contributed by atoms with Crippen LogP contribution in [0, 0.1) is 0 Å². The predicted molar refractivity (Wildman–Crippen MR) is 80.5 cm³/mol. The standard InChI is InChI=1S/C13H17N5OS/c1-14-7-8-18(2)12(19)10-9-20-13(16-10)17-11-5-3-4-6-15-11/h3-6,9,14H,7-8H2,1-2H3,(H,15,16,17). The molecule has 0 saturated carbocycles. The Bertz CT molecular complexity index is 557. The van der Waals surface area contributed by atoms with Crippen molar-refractivity contribution < 1.29 is 4.79 Å². The van der Waals surface area contributed by atoms with Gasteiger partial charge in [-0.25, -0.2) is 9.97 Å². The molecular formula is C13H17N5OS. The summed E-state index contributed by atoms with van der Waals surface area (Å²) in [4.78, 5) is 22.2. The Morgan fingerprint density at radius 2 is 2.30 bits per heavy atom. The van der Waals surface area contributed by atoms with Crippen molar-refractivity contribution >= 4 is 28.2 Å². The van der Waals surface area contributed by atoms with Crippen LogP contribution in [0.1, 0.15) is 10.5 Å². The number of nitrogens with one attached hydrogen (secondary N) is 2. The van der Waals surface area contributed by atoms with E-state index < -0.39 is 0 Å². The van der Waals surface area contributed by atoms with Crippen molar-refractivity contribution in [3.05, 3.63) is 35.5 Å². The first kappa shape index (κ1) is 14.4. The SMILES string of the molecule is CNCCN(C)C(=O)c1csc(Nc2ccccn2)n1. The molecule has 2 N–H and O–H groups in total. The van der Waals surface area contributed by atoms with Crippen LogP contribution in [-0.2, 0) is 0 Å². The maximum absolute atomic E-state index is 12.1. The summed E-state index contributed by atoms with van der Waals surface area (Å²) in [6.07, 6.45) is 1.70. The van der Waals surface area contributed by atoms with Crippen LogP contribution in [0.15, 0.2) is 29.8 Å². The molecule has 7 heteroatoms. The number of amides is 1.